The quantitative estimate of drug-likeness (QED) is 0.731. The average Bonchev–Trinajstić information content (AvgIpc) is 2.35. The van der Waals surface area contributed by atoms with Crippen molar-refractivity contribution in [1.29, 1.82) is 0 Å². The van der Waals surface area contributed by atoms with Gasteiger partial charge in [0.1, 0.15) is 0 Å². The van der Waals surface area contributed by atoms with Crippen LogP contribution >= 0.6 is 0 Å². The summed E-state index contributed by atoms with van der Waals surface area (Å²) in [6.45, 7) is 9.44. The molecule has 1 aromatic carbocycles. The fourth-order valence-electron chi connectivity index (χ4n) is 3.84. The number of aryl methyl sites for hydroxylation is 1. The van der Waals surface area contributed by atoms with Crippen molar-refractivity contribution in [3.05, 3.63) is 34.4 Å². The second-order valence-electron chi connectivity index (χ2n) is 7.77. The van der Waals surface area contributed by atoms with E-state index in [-0.39, 0.29) is 16.9 Å². The molecule has 1 unspecified atom stereocenters. The summed E-state index contributed by atoms with van der Waals surface area (Å²) < 4.78 is 0. The molecule has 2 aliphatic carbocycles. The topological polar surface area (TPSA) is 20.2 Å². The van der Waals surface area contributed by atoms with Gasteiger partial charge < -0.3 is 5.11 Å². The molecule has 1 aromatic rings. The molecule has 3 rings (SSSR count). The second kappa shape index (κ2) is 4.09. The van der Waals surface area contributed by atoms with Crippen LogP contribution in [0.15, 0.2) is 12.1 Å². The lowest BCUT2D eigenvalue weighted by molar-refractivity contribution is 0.156. The summed E-state index contributed by atoms with van der Waals surface area (Å²) >= 11 is 0. The van der Waals surface area contributed by atoms with Crippen molar-refractivity contribution in [3.63, 3.8) is 0 Å². The van der Waals surface area contributed by atoms with Gasteiger partial charge in [-0.2, -0.15) is 0 Å². The molecule has 0 saturated heterocycles. The second-order valence-corrected chi connectivity index (χ2v) is 7.77. The fraction of sp³-hybridized carbons (Fsp3) is 0.667. The normalized spacial score (nSPS) is 27.5. The Morgan fingerprint density at radius 1 is 1.00 bits per heavy atom. The highest BCUT2D eigenvalue weighted by atomic mass is 16.3. The van der Waals surface area contributed by atoms with Gasteiger partial charge in [-0.25, -0.2) is 0 Å². The first kappa shape index (κ1) is 13.2. The first-order valence-corrected chi connectivity index (χ1v) is 7.67. The Hall–Kier alpha value is -0.820. The third kappa shape index (κ3) is 2.03. The molecule has 1 nitrogen and oxygen atoms in total. The largest absolute Gasteiger partial charge is 0.388 e. The van der Waals surface area contributed by atoms with Crippen LogP contribution in [0.25, 0.3) is 0 Å². The number of aliphatic hydroxyl groups is 1. The number of hydrogen-bond donors (Lipinski definition) is 1. The van der Waals surface area contributed by atoms with Crippen molar-refractivity contribution in [2.24, 2.45) is 0 Å². The Morgan fingerprint density at radius 3 is 2.21 bits per heavy atom. The fourth-order valence-corrected chi connectivity index (χ4v) is 3.84. The Labute approximate surface area is 117 Å². The Kier molecular flexibility index (Phi) is 2.83. The van der Waals surface area contributed by atoms with Crippen LogP contribution in [0.5, 0.6) is 0 Å². The molecule has 0 radical (unpaired) electrons. The van der Waals surface area contributed by atoms with Gasteiger partial charge in [-0.05, 0) is 65.2 Å². The summed E-state index contributed by atoms with van der Waals surface area (Å²) in [6.07, 6.45) is 5.44. The zero-order chi connectivity index (χ0) is 13.8. The minimum Gasteiger partial charge on any atom is -0.388 e. The first-order chi connectivity index (χ1) is 8.81. The number of hydrogen-bond acceptors (Lipinski definition) is 1. The van der Waals surface area contributed by atoms with E-state index in [1.165, 1.54) is 35.1 Å². The van der Waals surface area contributed by atoms with E-state index in [1.807, 2.05) is 0 Å². The maximum absolute atomic E-state index is 10.3. The molecule has 0 fully saturated rings. The third-order valence-electron chi connectivity index (χ3n) is 5.40. The highest BCUT2D eigenvalue weighted by molar-refractivity contribution is 5.48. The molecule has 0 saturated carbocycles. The van der Waals surface area contributed by atoms with Gasteiger partial charge >= 0.3 is 0 Å². The maximum atomic E-state index is 10.3. The van der Waals surface area contributed by atoms with E-state index in [1.54, 1.807) is 0 Å². The number of aliphatic hydroxyl groups excluding tert-OH is 1. The summed E-state index contributed by atoms with van der Waals surface area (Å²) in [7, 11) is 0. The van der Waals surface area contributed by atoms with E-state index in [9.17, 15) is 5.11 Å². The highest BCUT2D eigenvalue weighted by Crippen LogP contribution is 2.48. The Balaban J connectivity index is 2.22. The zero-order valence-electron chi connectivity index (χ0n) is 12.7. The van der Waals surface area contributed by atoms with E-state index >= 15 is 0 Å². The first-order valence-electron chi connectivity index (χ1n) is 7.67. The molecule has 0 heterocycles. The van der Waals surface area contributed by atoms with Crippen LogP contribution in [0.2, 0.25) is 0 Å². The van der Waals surface area contributed by atoms with Gasteiger partial charge in [-0.1, -0.05) is 39.8 Å². The van der Waals surface area contributed by atoms with Crippen molar-refractivity contribution in [3.8, 4) is 0 Å². The molecular weight excluding hydrogens is 232 g/mol. The van der Waals surface area contributed by atoms with Crippen molar-refractivity contribution in [2.75, 3.05) is 0 Å². The monoisotopic (exact) mass is 258 g/mol. The van der Waals surface area contributed by atoms with Gasteiger partial charge in [0.2, 0.25) is 0 Å². The van der Waals surface area contributed by atoms with E-state index in [0.717, 1.165) is 19.3 Å². The highest BCUT2D eigenvalue weighted by Gasteiger charge is 2.38. The molecule has 1 atom stereocenters. The molecule has 0 aromatic heterocycles. The predicted molar refractivity (Wildman–Crippen MR) is 79.6 cm³/mol. The van der Waals surface area contributed by atoms with Gasteiger partial charge in [0, 0.05) is 0 Å². The maximum Gasteiger partial charge on any atom is 0.0792 e. The van der Waals surface area contributed by atoms with Crippen LogP contribution in [0.4, 0.5) is 0 Å². The average molecular weight is 258 g/mol. The van der Waals surface area contributed by atoms with Gasteiger partial charge in [0.25, 0.3) is 0 Å². The van der Waals surface area contributed by atoms with E-state index < -0.39 is 0 Å². The lowest BCUT2D eigenvalue weighted by Crippen LogP contribution is -2.34. The zero-order valence-corrected chi connectivity index (χ0v) is 12.7. The van der Waals surface area contributed by atoms with Crippen molar-refractivity contribution in [1.82, 2.24) is 0 Å². The third-order valence-corrected chi connectivity index (χ3v) is 5.40. The van der Waals surface area contributed by atoms with E-state index in [4.69, 9.17) is 0 Å². The number of fused-ring (bicyclic) bond motifs is 2. The molecule has 104 valence electrons. The summed E-state index contributed by atoms with van der Waals surface area (Å²) in [5.74, 6) is 0. The molecule has 19 heavy (non-hydrogen) atoms. The minimum atomic E-state index is -0.241. The smallest absolute Gasteiger partial charge is 0.0792 e. The molecular formula is C18H26O. The molecule has 1 heteroatoms. The molecule has 1 N–H and O–H groups in total. The van der Waals surface area contributed by atoms with Crippen LogP contribution < -0.4 is 0 Å². The van der Waals surface area contributed by atoms with E-state index in [2.05, 4.69) is 39.8 Å². The standard InChI is InChI=1S/C18H26O/c1-17(2)8-9-18(3,4)15-11-13-12(10-14(15)17)6-5-7-16(13)19/h10-11,16,19H,5-9H2,1-4H3. The van der Waals surface area contributed by atoms with Crippen LogP contribution in [0, 0.1) is 0 Å². The van der Waals surface area contributed by atoms with Gasteiger partial charge in [0.15, 0.2) is 0 Å². The van der Waals surface area contributed by atoms with Gasteiger partial charge in [-0.3, -0.25) is 0 Å². The van der Waals surface area contributed by atoms with Crippen LogP contribution in [-0.4, -0.2) is 5.11 Å². The van der Waals surface area contributed by atoms with Crippen molar-refractivity contribution < 1.29 is 5.11 Å². The van der Waals surface area contributed by atoms with Crippen molar-refractivity contribution >= 4 is 0 Å². The summed E-state index contributed by atoms with van der Waals surface area (Å²) in [4.78, 5) is 0. The minimum absolute atomic E-state index is 0.241. The summed E-state index contributed by atoms with van der Waals surface area (Å²) in [6, 6.07) is 4.74. The van der Waals surface area contributed by atoms with Crippen LogP contribution in [0.1, 0.15) is 81.7 Å². The number of rotatable bonds is 0. The molecule has 0 spiro atoms. The summed E-state index contributed by atoms with van der Waals surface area (Å²) in [5.41, 5.74) is 6.12. The Morgan fingerprint density at radius 2 is 1.58 bits per heavy atom. The van der Waals surface area contributed by atoms with Gasteiger partial charge in [0.05, 0.1) is 6.10 Å². The van der Waals surface area contributed by atoms with Gasteiger partial charge in [-0.15, -0.1) is 0 Å². The molecule has 0 bridgehead atoms. The number of benzene rings is 1. The molecule has 0 amide bonds. The van der Waals surface area contributed by atoms with Crippen LogP contribution in [0.3, 0.4) is 0 Å². The predicted octanol–water partition coefficient (Wildman–Crippen LogP) is 4.41. The summed E-state index contributed by atoms with van der Waals surface area (Å²) in [5, 5.41) is 10.3. The van der Waals surface area contributed by atoms with Crippen molar-refractivity contribution in [2.45, 2.75) is 76.7 Å². The lowest BCUT2D eigenvalue weighted by Gasteiger charge is -2.43. The van der Waals surface area contributed by atoms with E-state index in [0.29, 0.717) is 0 Å². The molecule has 0 aliphatic heterocycles. The Bertz CT molecular complexity index is 511. The lowest BCUT2D eigenvalue weighted by atomic mass is 9.62. The SMILES string of the molecule is CC1(C)CCC(C)(C)c2cc3c(cc21)CCCC3O. The molecule has 2 aliphatic rings. The van der Waals surface area contributed by atoms with Crippen LogP contribution in [-0.2, 0) is 17.3 Å².